The number of hydrogen-bond donors (Lipinski definition) is 3. The molecule has 6 nitrogen and oxygen atoms in total. The summed E-state index contributed by atoms with van der Waals surface area (Å²) < 4.78 is 26.4. The van der Waals surface area contributed by atoms with Crippen LogP contribution in [0.4, 0.5) is 5.95 Å². The van der Waals surface area contributed by atoms with E-state index in [1.807, 2.05) is 0 Å². The van der Waals surface area contributed by atoms with E-state index in [4.69, 9.17) is 5.11 Å². The highest BCUT2D eigenvalue weighted by Gasteiger charge is 2.15. The summed E-state index contributed by atoms with van der Waals surface area (Å²) in [4.78, 5) is 6.52. The molecule has 98 valence electrons. The quantitative estimate of drug-likeness (QED) is 0.714. The predicted molar refractivity (Wildman–Crippen MR) is 69.8 cm³/mol. The van der Waals surface area contributed by atoms with Crippen LogP contribution in [0, 0.1) is 11.8 Å². The van der Waals surface area contributed by atoms with E-state index in [1.165, 1.54) is 24.5 Å². The van der Waals surface area contributed by atoms with E-state index in [0.717, 1.165) is 0 Å². The molecule has 3 N–H and O–H groups in total. The third kappa shape index (κ3) is 3.34. The lowest BCUT2D eigenvalue weighted by molar-refractivity contribution is 0.350. The van der Waals surface area contributed by atoms with Gasteiger partial charge in [-0.1, -0.05) is 17.9 Å². The minimum Gasteiger partial charge on any atom is -0.384 e. The maximum atomic E-state index is 12.1. The number of aromatic nitrogens is 2. The first kappa shape index (κ1) is 13.1. The predicted octanol–water partition coefficient (Wildman–Crippen LogP) is 0.554. The summed E-state index contributed by atoms with van der Waals surface area (Å²) in [6, 6.07) is 6.12. The highest BCUT2D eigenvalue weighted by Crippen LogP contribution is 2.14. The summed E-state index contributed by atoms with van der Waals surface area (Å²) in [7, 11) is -3.70. The molecule has 0 unspecified atom stereocenters. The van der Waals surface area contributed by atoms with Gasteiger partial charge in [-0.3, -0.25) is 0 Å². The number of aliphatic hydroxyl groups is 1. The molecule has 0 fully saturated rings. The fourth-order valence-corrected chi connectivity index (χ4v) is 2.41. The van der Waals surface area contributed by atoms with Crippen molar-refractivity contribution in [3.8, 4) is 11.8 Å². The molecule has 0 atom stereocenters. The van der Waals surface area contributed by atoms with Gasteiger partial charge in [0.1, 0.15) is 6.61 Å². The van der Waals surface area contributed by atoms with Gasteiger partial charge in [-0.2, -0.15) is 0 Å². The van der Waals surface area contributed by atoms with Crippen molar-refractivity contribution in [2.75, 3.05) is 11.3 Å². The third-order valence-electron chi connectivity index (χ3n) is 2.19. The second-order valence-electron chi connectivity index (χ2n) is 3.53. The Kier molecular flexibility index (Phi) is 3.85. The standard InChI is InChI=1S/C12H11N3O3S/c16-8-2-4-10-3-1-5-11(9-10)19(17,18)15-12-13-6-7-14-12/h1,3,5-7,9,16H,8H2,(H2,13,14,15). The largest absolute Gasteiger partial charge is 0.384 e. The van der Waals surface area contributed by atoms with Crippen LogP contribution in [0.3, 0.4) is 0 Å². The zero-order valence-corrected chi connectivity index (χ0v) is 10.6. The Labute approximate surface area is 110 Å². The number of nitrogens with zero attached hydrogens (tertiary/aromatic N) is 1. The summed E-state index contributed by atoms with van der Waals surface area (Å²) in [6.07, 6.45) is 2.96. The fourth-order valence-electron chi connectivity index (χ4n) is 1.39. The van der Waals surface area contributed by atoms with Crippen molar-refractivity contribution in [3.63, 3.8) is 0 Å². The van der Waals surface area contributed by atoms with Crippen LogP contribution >= 0.6 is 0 Å². The normalized spacial score (nSPS) is 10.6. The molecule has 7 heteroatoms. The molecule has 0 aliphatic rings. The molecule has 0 bridgehead atoms. The molecule has 0 aliphatic carbocycles. The molecule has 0 amide bonds. The number of H-pyrrole nitrogens is 1. The fraction of sp³-hybridized carbons (Fsp3) is 0.0833. The van der Waals surface area contributed by atoms with Crippen LogP contribution in [0.1, 0.15) is 5.56 Å². The number of sulfonamides is 1. The molecule has 1 heterocycles. The molecule has 1 aromatic carbocycles. The van der Waals surface area contributed by atoms with E-state index in [2.05, 4.69) is 26.5 Å². The highest BCUT2D eigenvalue weighted by molar-refractivity contribution is 7.92. The van der Waals surface area contributed by atoms with Crippen LogP contribution in [0.15, 0.2) is 41.6 Å². The number of aliphatic hydroxyl groups excluding tert-OH is 1. The van der Waals surface area contributed by atoms with Crippen LogP contribution in [0.25, 0.3) is 0 Å². The van der Waals surface area contributed by atoms with E-state index >= 15 is 0 Å². The van der Waals surface area contributed by atoms with Crippen LogP contribution < -0.4 is 4.72 Å². The van der Waals surface area contributed by atoms with Gasteiger partial charge in [-0.25, -0.2) is 18.1 Å². The Morgan fingerprint density at radius 1 is 1.42 bits per heavy atom. The first-order chi connectivity index (χ1) is 9.12. The summed E-state index contributed by atoms with van der Waals surface area (Å²) in [5, 5.41) is 8.61. The van der Waals surface area contributed by atoms with Gasteiger partial charge in [0.05, 0.1) is 4.90 Å². The van der Waals surface area contributed by atoms with Crippen molar-refractivity contribution < 1.29 is 13.5 Å². The van der Waals surface area contributed by atoms with Gasteiger partial charge >= 0.3 is 0 Å². The summed E-state index contributed by atoms with van der Waals surface area (Å²) in [6.45, 7) is -0.276. The molecule has 2 rings (SSSR count). The van der Waals surface area contributed by atoms with Gasteiger partial charge in [0, 0.05) is 18.0 Å². The van der Waals surface area contributed by atoms with Crippen LogP contribution in [0.5, 0.6) is 0 Å². The van der Waals surface area contributed by atoms with E-state index in [0.29, 0.717) is 5.56 Å². The smallest absolute Gasteiger partial charge is 0.264 e. The van der Waals surface area contributed by atoms with Gasteiger partial charge in [-0.05, 0) is 18.2 Å². The molecule has 2 aromatic rings. The summed E-state index contributed by atoms with van der Waals surface area (Å²) in [5.41, 5.74) is 0.511. The van der Waals surface area contributed by atoms with E-state index < -0.39 is 10.0 Å². The number of aromatic amines is 1. The van der Waals surface area contributed by atoms with E-state index in [9.17, 15) is 8.42 Å². The van der Waals surface area contributed by atoms with Gasteiger partial charge in [0.15, 0.2) is 0 Å². The van der Waals surface area contributed by atoms with E-state index in [-0.39, 0.29) is 17.5 Å². The first-order valence-corrected chi connectivity index (χ1v) is 6.82. The van der Waals surface area contributed by atoms with Gasteiger partial charge < -0.3 is 10.1 Å². The van der Waals surface area contributed by atoms with E-state index in [1.54, 1.807) is 12.1 Å². The minimum absolute atomic E-state index is 0.0774. The minimum atomic E-state index is -3.70. The van der Waals surface area contributed by atoms with Gasteiger partial charge in [-0.15, -0.1) is 0 Å². The Hall–Kier alpha value is -2.30. The SMILES string of the molecule is O=S(=O)(Nc1ncc[nH]1)c1cccc(C#CCO)c1. The lowest BCUT2D eigenvalue weighted by atomic mass is 10.2. The van der Waals surface area contributed by atoms with Crippen molar-refractivity contribution in [2.24, 2.45) is 0 Å². The van der Waals surface area contributed by atoms with Crippen molar-refractivity contribution in [1.82, 2.24) is 9.97 Å². The number of hydrogen-bond acceptors (Lipinski definition) is 4. The second kappa shape index (κ2) is 5.56. The first-order valence-electron chi connectivity index (χ1n) is 5.34. The lowest BCUT2D eigenvalue weighted by Gasteiger charge is -2.05. The Bertz CT molecular complexity index is 712. The maximum Gasteiger partial charge on any atom is 0.264 e. The molecule has 19 heavy (non-hydrogen) atoms. The third-order valence-corrected chi connectivity index (χ3v) is 3.52. The zero-order chi connectivity index (χ0) is 13.7. The zero-order valence-electron chi connectivity index (χ0n) is 9.79. The average molecular weight is 277 g/mol. The Balaban J connectivity index is 2.30. The Morgan fingerprint density at radius 3 is 2.95 bits per heavy atom. The molecule has 1 aromatic heterocycles. The average Bonchev–Trinajstić information content (AvgIpc) is 2.89. The molecule has 0 saturated heterocycles. The number of anilines is 1. The van der Waals surface area contributed by atoms with Gasteiger partial charge in [0.25, 0.3) is 10.0 Å². The molecule has 0 saturated carbocycles. The van der Waals surface area contributed by atoms with Crippen molar-refractivity contribution >= 4 is 16.0 Å². The number of nitrogens with one attached hydrogen (secondary N) is 2. The van der Waals surface area contributed by atoms with Crippen LogP contribution in [0.2, 0.25) is 0 Å². The number of benzene rings is 1. The highest BCUT2D eigenvalue weighted by atomic mass is 32.2. The summed E-state index contributed by atoms with van der Waals surface area (Å²) >= 11 is 0. The molecular weight excluding hydrogens is 266 g/mol. The number of rotatable bonds is 3. The van der Waals surface area contributed by atoms with Crippen molar-refractivity contribution in [1.29, 1.82) is 0 Å². The lowest BCUT2D eigenvalue weighted by Crippen LogP contribution is -2.14. The maximum absolute atomic E-state index is 12.1. The van der Waals surface area contributed by atoms with Crippen LogP contribution in [-0.2, 0) is 10.0 Å². The molecule has 0 radical (unpaired) electrons. The number of imidazole rings is 1. The molecular formula is C12H11N3O3S. The van der Waals surface area contributed by atoms with Crippen LogP contribution in [-0.4, -0.2) is 30.1 Å². The topological polar surface area (TPSA) is 95.1 Å². The second-order valence-corrected chi connectivity index (χ2v) is 5.21. The van der Waals surface area contributed by atoms with Crippen molar-refractivity contribution in [2.45, 2.75) is 4.90 Å². The summed E-state index contributed by atoms with van der Waals surface area (Å²) in [5.74, 6) is 5.26. The van der Waals surface area contributed by atoms with Crippen molar-refractivity contribution in [3.05, 3.63) is 42.2 Å². The van der Waals surface area contributed by atoms with Gasteiger partial charge in [0.2, 0.25) is 5.95 Å². The molecule has 0 aliphatic heterocycles. The Morgan fingerprint density at radius 2 is 2.26 bits per heavy atom. The molecule has 0 spiro atoms. The monoisotopic (exact) mass is 277 g/mol.